The van der Waals surface area contributed by atoms with Crippen molar-refractivity contribution in [1.29, 1.82) is 0 Å². The first-order valence-corrected chi connectivity index (χ1v) is 11.6. The van der Waals surface area contributed by atoms with Crippen molar-refractivity contribution in [1.82, 2.24) is 15.1 Å². The molecule has 176 valence electrons. The summed E-state index contributed by atoms with van der Waals surface area (Å²) in [6, 6.07) is 10.7. The molecular weight excluding hydrogens is 463 g/mol. The van der Waals surface area contributed by atoms with Crippen LogP contribution in [0.2, 0.25) is 0 Å². The topological polar surface area (TPSA) is 103 Å². The molecule has 0 saturated carbocycles. The van der Waals surface area contributed by atoms with Crippen LogP contribution in [0, 0.1) is 5.82 Å². The van der Waals surface area contributed by atoms with Crippen LogP contribution in [0.1, 0.15) is 33.6 Å². The Morgan fingerprint density at radius 3 is 2.65 bits per heavy atom. The normalized spacial score (nSPS) is 15.3. The van der Waals surface area contributed by atoms with Gasteiger partial charge in [-0.05, 0) is 49.2 Å². The maximum absolute atomic E-state index is 13.0. The summed E-state index contributed by atoms with van der Waals surface area (Å²) in [5.41, 5.74) is 0.584. The van der Waals surface area contributed by atoms with Crippen molar-refractivity contribution in [2.24, 2.45) is 0 Å². The highest BCUT2D eigenvalue weighted by Gasteiger charge is 2.27. The Morgan fingerprint density at radius 1 is 1.09 bits per heavy atom. The summed E-state index contributed by atoms with van der Waals surface area (Å²) < 4.78 is 29.0. The van der Waals surface area contributed by atoms with Gasteiger partial charge in [-0.25, -0.2) is 4.39 Å². The van der Waals surface area contributed by atoms with E-state index >= 15 is 0 Å². The van der Waals surface area contributed by atoms with Gasteiger partial charge in [0.1, 0.15) is 16.6 Å². The number of carbonyl (C=O) groups is 2. The number of anilines is 1. The number of amides is 2. The van der Waals surface area contributed by atoms with Gasteiger partial charge in [-0.2, -0.15) is 0 Å². The van der Waals surface area contributed by atoms with E-state index in [9.17, 15) is 14.0 Å². The molecular formula is C23H21FN4O5S. The largest absolute Gasteiger partial charge is 0.484 e. The Bertz CT molecular complexity index is 1190. The van der Waals surface area contributed by atoms with E-state index in [0.717, 1.165) is 17.8 Å². The van der Waals surface area contributed by atoms with Crippen LogP contribution in [0.5, 0.6) is 17.2 Å². The van der Waals surface area contributed by atoms with E-state index in [1.54, 1.807) is 23.1 Å². The molecule has 34 heavy (non-hydrogen) atoms. The molecule has 11 heteroatoms. The zero-order chi connectivity index (χ0) is 23.5. The van der Waals surface area contributed by atoms with Crippen molar-refractivity contribution in [3.8, 4) is 17.2 Å². The van der Waals surface area contributed by atoms with E-state index in [1.807, 2.05) is 0 Å². The van der Waals surface area contributed by atoms with Crippen molar-refractivity contribution in [2.45, 2.75) is 18.8 Å². The van der Waals surface area contributed by atoms with Crippen LogP contribution >= 0.6 is 11.3 Å². The van der Waals surface area contributed by atoms with E-state index in [0.29, 0.717) is 36.0 Å². The Labute approximate surface area is 198 Å². The second kappa shape index (κ2) is 9.64. The molecule has 0 radical (unpaired) electrons. The molecule has 1 N–H and O–H groups in total. The number of likely N-dealkylation sites (tertiary alicyclic amines) is 1. The molecule has 0 aliphatic carbocycles. The van der Waals surface area contributed by atoms with Crippen LogP contribution in [0.4, 0.5) is 10.1 Å². The van der Waals surface area contributed by atoms with Gasteiger partial charge in [0, 0.05) is 30.8 Å². The number of benzene rings is 2. The van der Waals surface area contributed by atoms with E-state index in [-0.39, 0.29) is 42.0 Å². The summed E-state index contributed by atoms with van der Waals surface area (Å²) in [4.78, 5) is 26.8. The number of fused-ring (bicyclic) bond motifs is 1. The molecule has 9 nitrogen and oxygen atoms in total. The molecule has 0 bridgehead atoms. The fourth-order valence-corrected chi connectivity index (χ4v) is 4.70. The Kier molecular flexibility index (Phi) is 6.26. The maximum Gasteiger partial charge on any atom is 0.286 e. The Balaban J connectivity index is 1.11. The molecule has 3 aromatic rings. The second-order valence-electron chi connectivity index (χ2n) is 7.87. The van der Waals surface area contributed by atoms with Crippen LogP contribution in [-0.2, 0) is 4.79 Å². The van der Waals surface area contributed by atoms with Gasteiger partial charge >= 0.3 is 0 Å². The Morgan fingerprint density at radius 2 is 1.85 bits per heavy atom. The molecule has 0 unspecified atom stereocenters. The van der Waals surface area contributed by atoms with Crippen LogP contribution in [0.3, 0.4) is 0 Å². The highest BCUT2D eigenvalue weighted by Crippen LogP contribution is 2.35. The zero-order valence-electron chi connectivity index (χ0n) is 18.0. The zero-order valence-corrected chi connectivity index (χ0v) is 18.8. The molecule has 1 aromatic heterocycles. The summed E-state index contributed by atoms with van der Waals surface area (Å²) in [6.45, 7) is 1.20. The van der Waals surface area contributed by atoms with Gasteiger partial charge in [0.15, 0.2) is 18.1 Å². The Hall–Kier alpha value is -3.73. The number of hydrogen-bond acceptors (Lipinski definition) is 8. The molecule has 5 rings (SSSR count). The summed E-state index contributed by atoms with van der Waals surface area (Å²) in [7, 11) is 0. The molecule has 3 heterocycles. The van der Waals surface area contributed by atoms with Gasteiger partial charge in [-0.15, -0.1) is 10.2 Å². The maximum atomic E-state index is 13.0. The van der Waals surface area contributed by atoms with Gasteiger partial charge in [0.05, 0.1) is 0 Å². The summed E-state index contributed by atoms with van der Waals surface area (Å²) in [5, 5.41) is 12.1. The third kappa shape index (κ3) is 4.93. The highest BCUT2D eigenvalue weighted by molar-refractivity contribution is 7.13. The second-order valence-corrected chi connectivity index (χ2v) is 8.87. The SMILES string of the molecule is O=C(Nc1ccc2c(c1)OCO2)c1nnc(C2CCN(C(=O)COc3ccc(F)cc3)CC2)s1. The lowest BCUT2D eigenvalue weighted by Crippen LogP contribution is -2.40. The monoisotopic (exact) mass is 484 g/mol. The lowest BCUT2D eigenvalue weighted by Gasteiger charge is -2.30. The lowest BCUT2D eigenvalue weighted by molar-refractivity contribution is -0.134. The summed E-state index contributed by atoms with van der Waals surface area (Å²) >= 11 is 1.26. The number of ether oxygens (including phenoxy) is 3. The third-order valence-electron chi connectivity index (χ3n) is 5.64. The molecule has 1 fully saturated rings. The third-order valence-corrected chi connectivity index (χ3v) is 6.72. The van der Waals surface area contributed by atoms with Gasteiger partial charge in [0.2, 0.25) is 11.8 Å². The standard InChI is InChI=1S/C23H21FN4O5S/c24-15-1-4-17(5-2-15)31-12-20(29)28-9-7-14(8-10-28)22-26-27-23(34-22)21(30)25-16-3-6-18-19(11-16)33-13-32-18/h1-6,11,14H,7-10,12-13H2,(H,25,30). The first-order chi connectivity index (χ1) is 16.5. The van der Waals surface area contributed by atoms with Crippen LogP contribution in [0.15, 0.2) is 42.5 Å². The van der Waals surface area contributed by atoms with Gasteiger partial charge in [-0.1, -0.05) is 11.3 Å². The molecule has 2 aliphatic heterocycles. The van der Waals surface area contributed by atoms with Crippen molar-refractivity contribution in [3.05, 3.63) is 58.3 Å². The number of rotatable bonds is 6. The van der Waals surface area contributed by atoms with Crippen molar-refractivity contribution < 1.29 is 28.2 Å². The quantitative estimate of drug-likeness (QED) is 0.572. The molecule has 2 aliphatic rings. The predicted molar refractivity (Wildman–Crippen MR) is 121 cm³/mol. The van der Waals surface area contributed by atoms with Crippen LogP contribution < -0.4 is 19.5 Å². The summed E-state index contributed by atoms with van der Waals surface area (Å²) in [6.07, 6.45) is 1.45. The van der Waals surface area contributed by atoms with Crippen LogP contribution in [0.25, 0.3) is 0 Å². The lowest BCUT2D eigenvalue weighted by atomic mass is 9.98. The minimum absolute atomic E-state index is 0.0979. The minimum atomic E-state index is -0.356. The summed E-state index contributed by atoms with van der Waals surface area (Å²) in [5.74, 6) is 0.989. The van der Waals surface area contributed by atoms with Crippen LogP contribution in [-0.4, -0.2) is 53.4 Å². The molecule has 0 atom stereocenters. The first-order valence-electron chi connectivity index (χ1n) is 10.8. The predicted octanol–water partition coefficient (Wildman–Crippen LogP) is 3.44. The van der Waals surface area contributed by atoms with E-state index in [4.69, 9.17) is 14.2 Å². The van der Waals surface area contributed by atoms with Gasteiger partial charge < -0.3 is 24.4 Å². The molecule has 0 spiro atoms. The highest BCUT2D eigenvalue weighted by atomic mass is 32.1. The molecule has 1 saturated heterocycles. The molecule has 2 amide bonds. The van der Waals surface area contributed by atoms with E-state index in [1.165, 1.54) is 35.6 Å². The van der Waals surface area contributed by atoms with Crippen molar-refractivity contribution in [3.63, 3.8) is 0 Å². The number of aromatic nitrogens is 2. The fraction of sp³-hybridized carbons (Fsp3) is 0.304. The first kappa shape index (κ1) is 22.1. The van der Waals surface area contributed by atoms with Gasteiger partial charge in [-0.3, -0.25) is 9.59 Å². The number of nitrogens with zero attached hydrogens (tertiary/aromatic N) is 3. The molecule has 2 aromatic carbocycles. The number of halogens is 1. The average molecular weight is 485 g/mol. The van der Waals surface area contributed by atoms with Crippen molar-refractivity contribution in [2.75, 3.05) is 31.8 Å². The number of nitrogens with one attached hydrogen (secondary N) is 1. The smallest absolute Gasteiger partial charge is 0.286 e. The average Bonchev–Trinajstić information content (AvgIpc) is 3.53. The number of piperidine rings is 1. The number of carbonyl (C=O) groups excluding carboxylic acids is 2. The fourth-order valence-electron chi connectivity index (χ4n) is 3.79. The van der Waals surface area contributed by atoms with Gasteiger partial charge in [0.25, 0.3) is 11.8 Å². The van der Waals surface area contributed by atoms with Crippen molar-refractivity contribution >= 4 is 28.8 Å². The van der Waals surface area contributed by atoms with E-state index in [2.05, 4.69) is 15.5 Å². The minimum Gasteiger partial charge on any atom is -0.484 e. The van der Waals surface area contributed by atoms with E-state index < -0.39 is 0 Å². The number of hydrogen-bond donors (Lipinski definition) is 1.